The van der Waals surface area contributed by atoms with Crippen molar-refractivity contribution in [3.8, 4) is 0 Å². The molecule has 0 bridgehead atoms. The third kappa shape index (κ3) is 1.61. The Balaban J connectivity index is 2.23. The molecule has 1 saturated carbocycles. The molecule has 1 aromatic rings. The van der Waals surface area contributed by atoms with Gasteiger partial charge < -0.3 is 5.11 Å². The SMILES string of the molecule is Cc1sccc1C(O)C1(C)CCCC1. The van der Waals surface area contributed by atoms with Gasteiger partial charge in [0.05, 0.1) is 6.10 Å². The summed E-state index contributed by atoms with van der Waals surface area (Å²) < 4.78 is 0. The van der Waals surface area contributed by atoms with Crippen molar-refractivity contribution in [2.75, 3.05) is 0 Å². The van der Waals surface area contributed by atoms with E-state index in [1.165, 1.54) is 30.6 Å². The molecule has 1 fully saturated rings. The molecular weight excluding hydrogens is 192 g/mol. The molecule has 1 N–H and O–H groups in total. The highest BCUT2D eigenvalue weighted by Gasteiger charge is 2.37. The molecule has 1 aromatic heterocycles. The molecule has 0 aliphatic heterocycles. The number of aryl methyl sites for hydroxylation is 1. The van der Waals surface area contributed by atoms with Crippen LogP contribution in [0.5, 0.6) is 0 Å². The highest BCUT2D eigenvalue weighted by molar-refractivity contribution is 7.10. The standard InChI is InChI=1S/C12H18OS/c1-9-10(5-8-14-9)11(13)12(2)6-3-4-7-12/h5,8,11,13H,3-4,6-7H2,1-2H3. The largest absolute Gasteiger partial charge is 0.388 e. The van der Waals surface area contributed by atoms with E-state index in [0.717, 1.165) is 5.56 Å². The molecular formula is C12H18OS. The van der Waals surface area contributed by atoms with Gasteiger partial charge in [-0.25, -0.2) is 0 Å². The first kappa shape index (κ1) is 10.2. The summed E-state index contributed by atoms with van der Waals surface area (Å²) in [7, 11) is 0. The van der Waals surface area contributed by atoms with Gasteiger partial charge >= 0.3 is 0 Å². The molecule has 2 heteroatoms. The summed E-state index contributed by atoms with van der Waals surface area (Å²) in [4.78, 5) is 1.27. The average Bonchev–Trinajstić information content (AvgIpc) is 2.74. The second-order valence-corrected chi connectivity index (χ2v) is 5.82. The molecule has 0 radical (unpaired) electrons. The van der Waals surface area contributed by atoms with E-state index in [-0.39, 0.29) is 11.5 Å². The fourth-order valence-electron chi connectivity index (χ4n) is 2.51. The minimum absolute atomic E-state index is 0.131. The van der Waals surface area contributed by atoms with Crippen molar-refractivity contribution in [3.05, 3.63) is 21.9 Å². The second kappa shape index (κ2) is 3.67. The fraction of sp³-hybridized carbons (Fsp3) is 0.667. The first-order valence-electron chi connectivity index (χ1n) is 5.35. The summed E-state index contributed by atoms with van der Waals surface area (Å²) in [5.74, 6) is 0. The van der Waals surface area contributed by atoms with E-state index in [1.807, 2.05) is 0 Å². The van der Waals surface area contributed by atoms with E-state index in [1.54, 1.807) is 11.3 Å². The molecule has 2 rings (SSSR count). The number of hydrogen-bond acceptors (Lipinski definition) is 2. The first-order valence-corrected chi connectivity index (χ1v) is 6.23. The molecule has 78 valence electrons. The van der Waals surface area contributed by atoms with Crippen molar-refractivity contribution in [2.45, 2.75) is 45.6 Å². The van der Waals surface area contributed by atoms with Gasteiger partial charge in [-0.2, -0.15) is 0 Å². The summed E-state index contributed by atoms with van der Waals surface area (Å²) in [5, 5.41) is 12.4. The van der Waals surface area contributed by atoms with Gasteiger partial charge in [-0.15, -0.1) is 11.3 Å². The van der Waals surface area contributed by atoms with Crippen LogP contribution in [0.4, 0.5) is 0 Å². The van der Waals surface area contributed by atoms with Gasteiger partial charge in [0.1, 0.15) is 0 Å². The highest BCUT2D eigenvalue weighted by atomic mass is 32.1. The van der Waals surface area contributed by atoms with E-state index < -0.39 is 0 Å². The Bertz CT molecular complexity index is 310. The number of rotatable bonds is 2. The van der Waals surface area contributed by atoms with E-state index in [2.05, 4.69) is 25.3 Å². The molecule has 1 heterocycles. The summed E-state index contributed by atoms with van der Waals surface area (Å²) in [6.07, 6.45) is 4.64. The second-order valence-electron chi connectivity index (χ2n) is 4.70. The van der Waals surface area contributed by atoms with Gasteiger partial charge in [0.15, 0.2) is 0 Å². The lowest BCUT2D eigenvalue weighted by Gasteiger charge is -2.30. The Labute approximate surface area is 89.8 Å². The molecule has 1 unspecified atom stereocenters. The van der Waals surface area contributed by atoms with E-state index in [0.29, 0.717) is 0 Å². The summed E-state index contributed by atoms with van der Waals surface area (Å²) >= 11 is 1.73. The van der Waals surface area contributed by atoms with E-state index in [4.69, 9.17) is 0 Å². The molecule has 1 aliphatic rings. The number of aliphatic hydroxyl groups excluding tert-OH is 1. The van der Waals surface area contributed by atoms with Gasteiger partial charge in [0.25, 0.3) is 0 Å². The lowest BCUT2D eigenvalue weighted by molar-refractivity contribution is 0.0407. The predicted molar refractivity (Wildman–Crippen MR) is 60.6 cm³/mol. The van der Waals surface area contributed by atoms with Crippen molar-refractivity contribution in [1.29, 1.82) is 0 Å². The quantitative estimate of drug-likeness (QED) is 0.789. The van der Waals surface area contributed by atoms with Crippen LogP contribution in [0.3, 0.4) is 0 Å². The molecule has 0 aromatic carbocycles. The minimum Gasteiger partial charge on any atom is -0.388 e. The van der Waals surface area contributed by atoms with Crippen LogP contribution >= 0.6 is 11.3 Å². The maximum Gasteiger partial charge on any atom is 0.0854 e. The third-order valence-corrected chi connectivity index (χ3v) is 4.46. The van der Waals surface area contributed by atoms with Gasteiger partial charge in [-0.3, -0.25) is 0 Å². The van der Waals surface area contributed by atoms with Gasteiger partial charge in [0, 0.05) is 4.88 Å². The zero-order chi connectivity index (χ0) is 10.2. The topological polar surface area (TPSA) is 20.2 Å². The van der Waals surface area contributed by atoms with Crippen molar-refractivity contribution >= 4 is 11.3 Å². The lowest BCUT2D eigenvalue weighted by atomic mass is 9.79. The van der Waals surface area contributed by atoms with Gasteiger partial charge in [-0.05, 0) is 42.2 Å². The van der Waals surface area contributed by atoms with Crippen molar-refractivity contribution in [1.82, 2.24) is 0 Å². The monoisotopic (exact) mass is 210 g/mol. The van der Waals surface area contributed by atoms with Crippen LogP contribution in [0, 0.1) is 12.3 Å². The summed E-state index contributed by atoms with van der Waals surface area (Å²) in [5.41, 5.74) is 1.28. The normalized spacial score (nSPS) is 22.5. The Morgan fingerprint density at radius 3 is 2.57 bits per heavy atom. The Hall–Kier alpha value is -0.340. The van der Waals surface area contributed by atoms with Crippen LogP contribution in [0.25, 0.3) is 0 Å². The van der Waals surface area contributed by atoms with Crippen molar-refractivity contribution < 1.29 is 5.11 Å². The molecule has 1 nitrogen and oxygen atoms in total. The van der Waals surface area contributed by atoms with E-state index in [9.17, 15) is 5.11 Å². The van der Waals surface area contributed by atoms with Crippen LogP contribution in [-0.2, 0) is 0 Å². The number of thiophene rings is 1. The molecule has 0 amide bonds. The molecule has 1 atom stereocenters. The van der Waals surface area contributed by atoms with Gasteiger partial charge in [-0.1, -0.05) is 19.8 Å². The molecule has 14 heavy (non-hydrogen) atoms. The Morgan fingerprint density at radius 2 is 2.07 bits per heavy atom. The minimum atomic E-state index is -0.253. The number of hydrogen-bond donors (Lipinski definition) is 1. The van der Waals surface area contributed by atoms with Crippen LogP contribution in [0.1, 0.15) is 49.2 Å². The van der Waals surface area contributed by atoms with Crippen LogP contribution < -0.4 is 0 Å². The zero-order valence-corrected chi connectivity index (χ0v) is 9.73. The van der Waals surface area contributed by atoms with E-state index >= 15 is 0 Å². The van der Waals surface area contributed by atoms with Crippen molar-refractivity contribution in [3.63, 3.8) is 0 Å². The third-order valence-electron chi connectivity index (χ3n) is 3.60. The Kier molecular flexibility index (Phi) is 2.67. The Morgan fingerprint density at radius 1 is 1.43 bits per heavy atom. The summed E-state index contributed by atoms with van der Waals surface area (Å²) in [6, 6.07) is 2.08. The maximum atomic E-state index is 10.4. The highest BCUT2D eigenvalue weighted by Crippen LogP contribution is 2.48. The molecule has 0 spiro atoms. The van der Waals surface area contributed by atoms with Crippen LogP contribution in [-0.4, -0.2) is 5.11 Å². The average molecular weight is 210 g/mol. The summed E-state index contributed by atoms with van der Waals surface area (Å²) in [6.45, 7) is 4.32. The fourth-order valence-corrected chi connectivity index (χ4v) is 3.24. The zero-order valence-electron chi connectivity index (χ0n) is 8.92. The smallest absolute Gasteiger partial charge is 0.0854 e. The number of aliphatic hydroxyl groups is 1. The maximum absolute atomic E-state index is 10.4. The van der Waals surface area contributed by atoms with Crippen LogP contribution in [0.15, 0.2) is 11.4 Å². The lowest BCUT2D eigenvalue weighted by Crippen LogP contribution is -2.22. The molecule has 1 aliphatic carbocycles. The van der Waals surface area contributed by atoms with Crippen molar-refractivity contribution in [2.24, 2.45) is 5.41 Å². The molecule has 0 saturated heterocycles. The van der Waals surface area contributed by atoms with Gasteiger partial charge in [0.2, 0.25) is 0 Å². The predicted octanol–water partition coefficient (Wildman–Crippen LogP) is 3.67. The van der Waals surface area contributed by atoms with Crippen LogP contribution in [0.2, 0.25) is 0 Å². The first-order chi connectivity index (χ1) is 6.63.